The molecule has 0 atom stereocenters. The zero-order valence-electron chi connectivity index (χ0n) is 8.45. The van der Waals surface area contributed by atoms with Crippen molar-refractivity contribution in [3.63, 3.8) is 0 Å². The molecule has 2 aliphatic rings. The molecule has 1 nitrogen and oxygen atoms in total. The van der Waals surface area contributed by atoms with Crippen LogP contribution >= 0.6 is 0 Å². The Balaban J connectivity index is 2.28. The van der Waals surface area contributed by atoms with Crippen LogP contribution in [0, 0.1) is 0 Å². The van der Waals surface area contributed by atoms with Gasteiger partial charge in [0.1, 0.15) is 0 Å². The number of rotatable bonds is 0. The van der Waals surface area contributed by atoms with Crippen LogP contribution in [0.3, 0.4) is 0 Å². The number of allylic oxidation sites excluding steroid dienone is 5. The Morgan fingerprint density at radius 2 is 1.73 bits per heavy atom. The monoisotopic (exact) mass is 194 g/mol. The standard InChI is InChI=1S/C14H10O/c1-9-6-12-11-5-3-2-4-10(11)8-13(12)14(15)7-9/h2-8H,1H3. The summed E-state index contributed by atoms with van der Waals surface area (Å²) < 4.78 is 0. The van der Waals surface area contributed by atoms with E-state index in [1.54, 1.807) is 6.08 Å². The molecule has 0 fully saturated rings. The van der Waals surface area contributed by atoms with Crippen molar-refractivity contribution in [3.05, 3.63) is 58.7 Å². The Morgan fingerprint density at radius 3 is 2.60 bits per heavy atom. The smallest absolute Gasteiger partial charge is 0.186 e. The van der Waals surface area contributed by atoms with Gasteiger partial charge in [-0.15, -0.1) is 0 Å². The van der Waals surface area contributed by atoms with Crippen LogP contribution in [-0.4, -0.2) is 5.78 Å². The van der Waals surface area contributed by atoms with E-state index in [0.29, 0.717) is 0 Å². The highest BCUT2D eigenvalue weighted by Crippen LogP contribution is 2.38. The Hall–Kier alpha value is -1.89. The molecule has 0 spiro atoms. The van der Waals surface area contributed by atoms with E-state index in [4.69, 9.17) is 0 Å². The van der Waals surface area contributed by atoms with Crippen molar-refractivity contribution in [1.29, 1.82) is 0 Å². The average molecular weight is 194 g/mol. The minimum absolute atomic E-state index is 0.126. The first-order valence-corrected chi connectivity index (χ1v) is 5.01. The molecule has 2 aliphatic carbocycles. The van der Waals surface area contributed by atoms with Crippen molar-refractivity contribution < 1.29 is 4.79 Å². The summed E-state index contributed by atoms with van der Waals surface area (Å²) in [6.07, 6.45) is 5.76. The molecule has 0 heterocycles. The molecular formula is C14H10O. The average Bonchev–Trinajstić information content (AvgIpc) is 2.57. The second-order valence-electron chi connectivity index (χ2n) is 3.96. The van der Waals surface area contributed by atoms with Gasteiger partial charge >= 0.3 is 0 Å². The number of fused-ring (bicyclic) bond motifs is 3. The molecule has 0 bridgehead atoms. The molecule has 0 radical (unpaired) electrons. The maximum Gasteiger partial charge on any atom is 0.186 e. The quantitative estimate of drug-likeness (QED) is 0.620. The van der Waals surface area contributed by atoms with Crippen LogP contribution in [0.4, 0.5) is 0 Å². The van der Waals surface area contributed by atoms with Gasteiger partial charge in [0.05, 0.1) is 0 Å². The summed E-state index contributed by atoms with van der Waals surface area (Å²) >= 11 is 0. The minimum Gasteiger partial charge on any atom is -0.289 e. The van der Waals surface area contributed by atoms with E-state index >= 15 is 0 Å². The number of ketones is 1. The van der Waals surface area contributed by atoms with Gasteiger partial charge < -0.3 is 0 Å². The molecular weight excluding hydrogens is 184 g/mol. The number of hydrogen-bond acceptors (Lipinski definition) is 1. The lowest BCUT2D eigenvalue weighted by molar-refractivity contribution is -0.110. The van der Waals surface area contributed by atoms with Crippen LogP contribution in [-0.2, 0) is 4.79 Å². The summed E-state index contributed by atoms with van der Waals surface area (Å²) in [5.74, 6) is 0.126. The molecule has 0 saturated carbocycles. The lowest BCUT2D eigenvalue weighted by Gasteiger charge is -2.10. The Labute approximate surface area is 88.4 Å². The molecule has 0 aromatic heterocycles. The maximum absolute atomic E-state index is 11.8. The number of carbonyl (C=O) groups excluding carboxylic acids is 1. The van der Waals surface area contributed by atoms with Crippen molar-refractivity contribution in [2.75, 3.05) is 0 Å². The van der Waals surface area contributed by atoms with Gasteiger partial charge in [-0.25, -0.2) is 0 Å². The van der Waals surface area contributed by atoms with Crippen molar-refractivity contribution in [2.45, 2.75) is 6.92 Å². The van der Waals surface area contributed by atoms with Crippen molar-refractivity contribution in [1.82, 2.24) is 0 Å². The molecule has 1 heteroatoms. The van der Waals surface area contributed by atoms with Crippen LogP contribution in [0.5, 0.6) is 0 Å². The lowest BCUT2D eigenvalue weighted by Crippen LogP contribution is -2.03. The van der Waals surface area contributed by atoms with Crippen molar-refractivity contribution in [2.24, 2.45) is 0 Å². The second-order valence-corrected chi connectivity index (χ2v) is 3.96. The second kappa shape index (κ2) is 2.80. The fourth-order valence-electron chi connectivity index (χ4n) is 2.16. The summed E-state index contributed by atoms with van der Waals surface area (Å²) in [6.45, 7) is 1.96. The lowest BCUT2D eigenvalue weighted by atomic mass is 9.93. The highest BCUT2D eigenvalue weighted by molar-refractivity contribution is 6.24. The maximum atomic E-state index is 11.8. The zero-order valence-corrected chi connectivity index (χ0v) is 8.45. The molecule has 1 aromatic carbocycles. The highest BCUT2D eigenvalue weighted by Gasteiger charge is 2.24. The van der Waals surface area contributed by atoms with Crippen molar-refractivity contribution >= 4 is 17.4 Å². The third-order valence-electron chi connectivity index (χ3n) is 2.84. The van der Waals surface area contributed by atoms with Gasteiger partial charge in [-0.3, -0.25) is 4.79 Å². The van der Waals surface area contributed by atoms with Crippen LogP contribution in [0.2, 0.25) is 0 Å². The molecule has 15 heavy (non-hydrogen) atoms. The molecule has 0 N–H and O–H groups in total. The first-order chi connectivity index (χ1) is 7.25. The van der Waals surface area contributed by atoms with E-state index in [0.717, 1.165) is 22.3 Å². The van der Waals surface area contributed by atoms with Crippen LogP contribution in [0.25, 0.3) is 11.6 Å². The van der Waals surface area contributed by atoms with Gasteiger partial charge in [-0.2, -0.15) is 0 Å². The van der Waals surface area contributed by atoms with E-state index in [-0.39, 0.29) is 5.78 Å². The highest BCUT2D eigenvalue weighted by atomic mass is 16.1. The summed E-state index contributed by atoms with van der Waals surface area (Å²) in [6, 6.07) is 8.12. The van der Waals surface area contributed by atoms with E-state index in [2.05, 4.69) is 12.1 Å². The molecule has 72 valence electrons. The zero-order chi connectivity index (χ0) is 10.4. The predicted octanol–water partition coefficient (Wildman–Crippen LogP) is 3.00. The first kappa shape index (κ1) is 8.42. The number of carbonyl (C=O) groups is 1. The topological polar surface area (TPSA) is 17.1 Å². The molecule has 0 saturated heterocycles. The van der Waals surface area contributed by atoms with Gasteiger partial charge in [0.15, 0.2) is 5.78 Å². The molecule has 0 amide bonds. The Bertz CT molecular complexity index is 556. The summed E-state index contributed by atoms with van der Waals surface area (Å²) in [5.41, 5.74) is 5.27. The number of hydrogen-bond donors (Lipinski definition) is 0. The fourth-order valence-corrected chi connectivity index (χ4v) is 2.16. The van der Waals surface area contributed by atoms with Gasteiger partial charge in [0.25, 0.3) is 0 Å². The van der Waals surface area contributed by atoms with Gasteiger partial charge in [0.2, 0.25) is 0 Å². The molecule has 0 aliphatic heterocycles. The summed E-state index contributed by atoms with van der Waals surface area (Å²) in [5, 5.41) is 0. The third-order valence-corrected chi connectivity index (χ3v) is 2.84. The molecule has 0 unspecified atom stereocenters. The normalized spacial score (nSPS) is 17.7. The number of benzene rings is 1. The minimum atomic E-state index is 0.126. The van der Waals surface area contributed by atoms with E-state index in [1.165, 1.54) is 5.56 Å². The van der Waals surface area contributed by atoms with E-state index < -0.39 is 0 Å². The van der Waals surface area contributed by atoms with E-state index in [9.17, 15) is 4.79 Å². The van der Waals surface area contributed by atoms with Gasteiger partial charge in [-0.05, 0) is 41.3 Å². The Kier molecular flexibility index (Phi) is 1.57. The SMILES string of the molecule is CC1=CC(=O)C2=Cc3ccccc3C2=C1. The predicted molar refractivity (Wildman–Crippen MR) is 61.2 cm³/mol. The van der Waals surface area contributed by atoms with Gasteiger partial charge in [0, 0.05) is 5.57 Å². The third kappa shape index (κ3) is 1.13. The Morgan fingerprint density at radius 1 is 0.933 bits per heavy atom. The van der Waals surface area contributed by atoms with Crippen LogP contribution in [0.1, 0.15) is 18.1 Å². The molecule has 3 rings (SSSR count). The van der Waals surface area contributed by atoms with Crippen LogP contribution < -0.4 is 0 Å². The van der Waals surface area contributed by atoms with Crippen molar-refractivity contribution in [3.8, 4) is 0 Å². The van der Waals surface area contributed by atoms with Gasteiger partial charge in [-0.1, -0.05) is 30.3 Å². The summed E-state index contributed by atoms with van der Waals surface area (Å²) in [4.78, 5) is 11.8. The largest absolute Gasteiger partial charge is 0.289 e. The van der Waals surface area contributed by atoms with E-state index in [1.807, 2.05) is 31.2 Å². The molecule has 1 aromatic rings. The van der Waals surface area contributed by atoms with Crippen LogP contribution in [0.15, 0.2) is 47.6 Å². The summed E-state index contributed by atoms with van der Waals surface area (Å²) in [7, 11) is 0. The first-order valence-electron chi connectivity index (χ1n) is 5.01. The fraction of sp³-hybridized carbons (Fsp3) is 0.0714.